The zero-order chi connectivity index (χ0) is 24.3. The Kier molecular flexibility index (Phi) is 8.00. The number of nitrogens with zero attached hydrogens (tertiary/aromatic N) is 2. The SMILES string of the molecule is C[C@H](Cc1cccs1)N(Cc1ccc(Cl)cc1)C(=O)c1ccc(Cl)c(S(=O)(=O)N2CCCC2)c1. The predicted octanol–water partition coefficient (Wildman–Crippen LogP) is 6.11. The van der Waals surface area contributed by atoms with Gasteiger partial charge in [-0.15, -0.1) is 11.3 Å². The summed E-state index contributed by atoms with van der Waals surface area (Å²) in [6.07, 6.45) is 2.35. The second kappa shape index (κ2) is 10.8. The van der Waals surface area contributed by atoms with Crippen molar-refractivity contribution >= 4 is 50.5 Å². The molecule has 1 fully saturated rings. The van der Waals surface area contributed by atoms with Crippen molar-refractivity contribution in [2.45, 2.75) is 43.7 Å². The van der Waals surface area contributed by atoms with E-state index < -0.39 is 10.0 Å². The van der Waals surface area contributed by atoms with Crippen LogP contribution in [0.1, 0.15) is 40.6 Å². The Morgan fingerprint density at radius 3 is 2.44 bits per heavy atom. The smallest absolute Gasteiger partial charge is 0.254 e. The van der Waals surface area contributed by atoms with Crippen LogP contribution in [0.25, 0.3) is 0 Å². The van der Waals surface area contributed by atoms with E-state index in [4.69, 9.17) is 23.2 Å². The maximum absolute atomic E-state index is 13.7. The molecule has 0 unspecified atom stereocenters. The summed E-state index contributed by atoms with van der Waals surface area (Å²) >= 11 is 14.0. The van der Waals surface area contributed by atoms with E-state index in [1.165, 1.54) is 21.3 Å². The molecule has 4 rings (SSSR count). The van der Waals surface area contributed by atoms with Crippen molar-refractivity contribution in [3.63, 3.8) is 0 Å². The number of halogens is 2. The predicted molar refractivity (Wildman–Crippen MR) is 138 cm³/mol. The Balaban J connectivity index is 1.66. The number of rotatable bonds is 8. The second-order valence-corrected chi connectivity index (χ2v) is 12.2. The van der Waals surface area contributed by atoms with Crippen molar-refractivity contribution in [3.05, 3.63) is 86.0 Å². The molecule has 34 heavy (non-hydrogen) atoms. The van der Waals surface area contributed by atoms with Crippen LogP contribution in [0.5, 0.6) is 0 Å². The number of carbonyl (C=O) groups excluding carboxylic acids is 1. The molecule has 1 aliphatic rings. The van der Waals surface area contributed by atoms with E-state index in [1.807, 2.05) is 30.5 Å². The van der Waals surface area contributed by atoms with Crippen LogP contribution >= 0.6 is 34.5 Å². The summed E-state index contributed by atoms with van der Waals surface area (Å²) in [5.74, 6) is -0.242. The highest BCUT2D eigenvalue weighted by Gasteiger charge is 2.31. The van der Waals surface area contributed by atoms with Crippen molar-refractivity contribution in [1.29, 1.82) is 0 Å². The van der Waals surface area contributed by atoms with E-state index >= 15 is 0 Å². The van der Waals surface area contributed by atoms with E-state index in [-0.39, 0.29) is 21.9 Å². The minimum atomic E-state index is -3.76. The van der Waals surface area contributed by atoms with Crippen LogP contribution in [0.2, 0.25) is 10.0 Å². The van der Waals surface area contributed by atoms with Crippen molar-refractivity contribution in [3.8, 4) is 0 Å². The van der Waals surface area contributed by atoms with E-state index in [0.29, 0.717) is 36.6 Å². The van der Waals surface area contributed by atoms with Gasteiger partial charge in [0, 0.05) is 47.6 Å². The van der Waals surface area contributed by atoms with Crippen LogP contribution in [-0.4, -0.2) is 42.7 Å². The van der Waals surface area contributed by atoms with Gasteiger partial charge in [-0.1, -0.05) is 41.4 Å². The molecule has 2 heterocycles. The molecule has 3 aromatic rings. The summed E-state index contributed by atoms with van der Waals surface area (Å²) in [4.78, 5) is 16.7. The van der Waals surface area contributed by atoms with Crippen LogP contribution in [0, 0.1) is 0 Å². The minimum absolute atomic E-state index is 0.0146. The van der Waals surface area contributed by atoms with Gasteiger partial charge in [-0.3, -0.25) is 4.79 Å². The van der Waals surface area contributed by atoms with E-state index in [2.05, 4.69) is 6.07 Å². The monoisotopic (exact) mass is 536 g/mol. The Labute approximate surface area is 215 Å². The lowest BCUT2D eigenvalue weighted by Crippen LogP contribution is -2.39. The van der Waals surface area contributed by atoms with Gasteiger partial charge in [0.25, 0.3) is 5.91 Å². The summed E-state index contributed by atoms with van der Waals surface area (Å²) in [6, 6.07) is 15.8. The molecule has 5 nitrogen and oxygen atoms in total. The van der Waals surface area contributed by atoms with Gasteiger partial charge in [-0.25, -0.2) is 8.42 Å². The molecule has 0 bridgehead atoms. The first-order valence-electron chi connectivity index (χ1n) is 11.1. The van der Waals surface area contributed by atoms with Gasteiger partial charge in [-0.2, -0.15) is 4.31 Å². The third-order valence-corrected chi connectivity index (χ3v) is 9.53. The molecule has 2 aromatic carbocycles. The van der Waals surface area contributed by atoms with Crippen molar-refractivity contribution < 1.29 is 13.2 Å². The van der Waals surface area contributed by atoms with E-state index in [9.17, 15) is 13.2 Å². The van der Waals surface area contributed by atoms with Gasteiger partial charge < -0.3 is 4.90 Å². The van der Waals surface area contributed by atoms with Gasteiger partial charge in [0.1, 0.15) is 4.90 Å². The molecular formula is C25H26Cl2N2O3S2. The van der Waals surface area contributed by atoms with Gasteiger partial charge in [0.15, 0.2) is 0 Å². The third-order valence-electron chi connectivity index (χ3n) is 6.00. The molecule has 1 aliphatic heterocycles. The zero-order valence-electron chi connectivity index (χ0n) is 18.8. The van der Waals surface area contributed by atoms with Crippen molar-refractivity contribution in [2.24, 2.45) is 0 Å². The highest BCUT2D eigenvalue weighted by atomic mass is 35.5. The van der Waals surface area contributed by atoms with Gasteiger partial charge in [0.2, 0.25) is 10.0 Å². The maximum Gasteiger partial charge on any atom is 0.254 e. The first-order valence-corrected chi connectivity index (χ1v) is 14.2. The van der Waals surface area contributed by atoms with Crippen LogP contribution < -0.4 is 0 Å². The lowest BCUT2D eigenvalue weighted by atomic mass is 10.1. The lowest BCUT2D eigenvalue weighted by Gasteiger charge is -2.30. The van der Waals surface area contributed by atoms with Crippen molar-refractivity contribution in [1.82, 2.24) is 9.21 Å². The number of sulfonamides is 1. The van der Waals surface area contributed by atoms with Crippen LogP contribution in [-0.2, 0) is 23.0 Å². The molecule has 1 aromatic heterocycles. The molecule has 0 spiro atoms. The largest absolute Gasteiger partial charge is 0.331 e. The van der Waals surface area contributed by atoms with Gasteiger partial charge in [-0.05, 0) is 67.1 Å². The Bertz CT molecular complexity index is 1240. The average Bonchev–Trinajstić information content (AvgIpc) is 3.53. The number of carbonyl (C=O) groups is 1. The Morgan fingerprint density at radius 2 is 1.79 bits per heavy atom. The molecule has 1 saturated heterocycles. The first-order chi connectivity index (χ1) is 16.3. The molecule has 0 aliphatic carbocycles. The number of benzene rings is 2. The van der Waals surface area contributed by atoms with E-state index in [0.717, 1.165) is 18.4 Å². The van der Waals surface area contributed by atoms with Crippen molar-refractivity contribution in [2.75, 3.05) is 13.1 Å². The standard InChI is InChI=1S/C25H26Cl2N2O3S2/c1-18(15-22-5-4-14-33-22)29(17-19-6-9-21(26)10-7-19)25(30)20-8-11-23(27)24(16-20)34(31,32)28-12-2-3-13-28/h4-11,14,16,18H,2-3,12-13,15,17H2,1H3/t18-/m1/s1. The highest BCUT2D eigenvalue weighted by molar-refractivity contribution is 7.89. The van der Waals surface area contributed by atoms with Gasteiger partial charge in [0.05, 0.1) is 5.02 Å². The summed E-state index contributed by atoms with van der Waals surface area (Å²) in [5.41, 5.74) is 1.24. The number of amides is 1. The normalized spacial score (nSPS) is 15.4. The highest BCUT2D eigenvalue weighted by Crippen LogP contribution is 2.29. The molecule has 180 valence electrons. The lowest BCUT2D eigenvalue weighted by molar-refractivity contribution is 0.0675. The van der Waals surface area contributed by atoms with Crippen LogP contribution in [0.3, 0.4) is 0 Å². The fraction of sp³-hybridized carbons (Fsp3) is 0.320. The summed E-state index contributed by atoms with van der Waals surface area (Å²) in [5, 5.41) is 2.77. The second-order valence-electron chi connectivity index (χ2n) is 8.45. The minimum Gasteiger partial charge on any atom is -0.331 e. The summed E-state index contributed by atoms with van der Waals surface area (Å²) in [6.45, 7) is 3.32. The molecule has 0 saturated carbocycles. The fourth-order valence-corrected chi connectivity index (χ4v) is 7.08. The number of hydrogen-bond donors (Lipinski definition) is 0. The number of thiophene rings is 1. The summed E-state index contributed by atoms with van der Waals surface area (Å²) in [7, 11) is -3.76. The molecule has 9 heteroatoms. The number of hydrogen-bond acceptors (Lipinski definition) is 4. The van der Waals surface area contributed by atoms with Crippen LogP contribution in [0.15, 0.2) is 64.9 Å². The topological polar surface area (TPSA) is 57.7 Å². The van der Waals surface area contributed by atoms with E-state index in [1.54, 1.807) is 34.4 Å². The third kappa shape index (κ3) is 5.66. The Hall–Kier alpha value is -1.90. The Morgan fingerprint density at radius 1 is 1.09 bits per heavy atom. The van der Waals surface area contributed by atoms with Gasteiger partial charge >= 0.3 is 0 Å². The quantitative estimate of drug-likeness (QED) is 0.348. The molecule has 0 radical (unpaired) electrons. The average molecular weight is 538 g/mol. The maximum atomic E-state index is 13.7. The molecule has 1 atom stereocenters. The first kappa shape index (κ1) is 25.2. The molecular weight excluding hydrogens is 511 g/mol. The fourth-order valence-electron chi connectivity index (χ4n) is 4.11. The molecule has 1 amide bonds. The molecule has 0 N–H and O–H groups in total. The summed E-state index contributed by atoms with van der Waals surface area (Å²) < 4.78 is 27.8. The zero-order valence-corrected chi connectivity index (χ0v) is 21.9. The van der Waals surface area contributed by atoms with Crippen LogP contribution in [0.4, 0.5) is 0 Å².